The molecule has 38 heavy (non-hydrogen) atoms. The van der Waals surface area contributed by atoms with Crippen molar-refractivity contribution in [2.45, 2.75) is 45.2 Å². The Hall–Kier alpha value is -4.07. The van der Waals surface area contributed by atoms with Crippen LogP contribution < -0.4 is 15.5 Å². The molecule has 1 aliphatic rings. The predicted molar refractivity (Wildman–Crippen MR) is 142 cm³/mol. The van der Waals surface area contributed by atoms with E-state index in [4.69, 9.17) is 0 Å². The van der Waals surface area contributed by atoms with Crippen LogP contribution in [0.5, 0.6) is 0 Å². The number of benzene rings is 3. The first-order valence-electron chi connectivity index (χ1n) is 12.7. The maximum absolute atomic E-state index is 13.7. The molecule has 3 aromatic rings. The van der Waals surface area contributed by atoms with Crippen molar-refractivity contribution in [3.8, 4) is 11.1 Å². The van der Waals surface area contributed by atoms with Gasteiger partial charge in [0.2, 0.25) is 11.8 Å². The van der Waals surface area contributed by atoms with Crippen molar-refractivity contribution in [2.24, 2.45) is 5.92 Å². The summed E-state index contributed by atoms with van der Waals surface area (Å²) in [7, 11) is 1.67. The van der Waals surface area contributed by atoms with Crippen LogP contribution in [0.4, 0.5) is 14.5 Å². The molecule has 0 saturated carbocycles. The molecule has 198 valence electrons. The van der Waals surface area contributed by atoms with E-state index in [-0.39, 0.29) is 23.8 Å². The maximum atomic E-state index is 13.7. The van der Waals surface area contributed by atoms with Gasteiger partial charge in [0.25, 0.3) is 5.91 Å². The molecule has 2 N–H and O–H groups in total. The smallest absolute Gasteiger partial charge is 0.253 e. The van der Waals surface area contributed by atoms with Gasteiger partial charge in [0.15, 0.2) is 0 Å². The Kier molecular flexibility index (Phi) is 8.20. The van der Waals surface area contributed by atoms with Crippen molar-refractivity contribution in [2.75, 3.05) is 11.9 Å². The van der Waals surface area contributed by atoms with E-state index in [1.165, 1.54) is 4.90 Å². The Morgan fingerprint density at radius 3 is 2.18 bits per heavy atom. The monoisotopic (exact) mass is 519 g/mol. The maximum Gasteiger partial charge on any atom is 0.253 e. The van der Waals surface area contributed by atoms with E-state index < -0.39 is 35.5 Å². The van der Waals surface area contributed by atoms with Gasteiger partial charge in [-0.25, -0.2) is 8.78 Å². The lowest BCUT2D eigenvalue weighted by atomic mass is 9.91. The van der Waals surface area contributed by atoms with E-state index in [1.807, 2.05) is 62.4 Å². The lowest BCUT2D eigenvalue weighted by Crippen LogP contribution is -2.53. The third kappa shape index (κ3) is 5.59. The van der Waals surface area contributed by atoms with E-state index in [0.717, 1.165) is 35.0 Å². The number of carbonyl (C=O) groups is 3. The van der Waals surface area contributed by atoms with Crippen LogP contribution in [-0.4, -0.2) is 30.8 Å². The van der Waals surface area contributed by atoms with Crippen LogP contribution >= 0.6 is 0 Å². The number of nitrogens with zero attached hydrogens (tertiary/aromatic N) is 1. The Labute approximate surface area is 221 Å². The minimum absolute atomic E-state index is 0.163. The number of anilines is 1. The molecule has 0 saturated heterocycles. The quantitative estimate of drug-likeness (QED) is 0.443. The summed E-state index contributed by atoms with van der Waals surface area (Å²) in [5, 5.41) is 5.66. The molecule has 8 heteroatoms. The molecule has 3 amide bonds. The summed E-state index contributed by atoms with van der Waals surface area (Å²) in [5.41, 5.74) is 3.27. The number of para-hydroxylation sites is 1. The molecule has 3 aromatic carbocycles. The topological polar surface area (TPSA) is 78.5 Å². The minimum Gasteiger partial charge on any atom is -0.344 e. The third-order valence-electron chi connectivity index (χ3n) is 7.10. The van der Waals surface area contributed by atoms with Gasteiger partial charge < -0.3 is 15.5 Å². The molecule has 2 atom stereocenters. The van der Waals surface area contributed by atoms with Gasteiger partial charge in [0.1, 0.15) is 23.7 Å². The molecule has 6 nitrogen and oxygen atoms in total. The molecule has 4 rings (SSSR count). The average molecular weight is 520 g/mol. The molecular weight excluding hydrogens is 488 g/mol. The van der Waals surface area contributed by atoms with Crippen LogP contribution in [0.2, 0.25) is 0 Å². The lowest BCUT2D eigenvalue weighted by molar-refractivity contribution is -0.132. The highest BCUT2D eigenvalue weighted by molar-refractivity contribution is 6.06. The Morgan fingerprint density at radius 1 is 0.921 bits per heavy atom. The van der Waals surface area contributed by atoms with Crippen molar-refractivity contribution < 1.29 is 23.2 Å². The van der Waals surface area contributed by atoms with Crippen LogP contribution in [0.1, 0.15) is 43.9 Å². The fourth-order valence-electron chi connectivity index (χ4n) is 5.09. The van der Waals surface area contributed by atoms with Gasteiger partial charge in [-0.3, -0.25) is 14.4 Å². The van der Waals surface area contributed by atoms with E-state index in [0.29, 0.717) is 18.4 Å². The zero-order valence-corrected chi connectivity index (χ0v) is 21.6. The zero-order valence-electron chi connectivity index (χ0n) is 21.6. The SMILES string of the molecule is CCC(CC)C(NC(=O)Cc1cc(F)cc(F)c1)C(=O)NC1C(=O)N(C)c2ccccc2-c2ccccc21. The van der Waals surface area contributed by atoms with E-state index in [2.05, 4.69) is 10.6 Å². The van der Waals surface area contributed by atoms with Crippen LogP contribution in [0, 0.1) is 17.6 Å². The molecule has 0 aromatic heterocycles. The summed E-state index contributed by atoms with van der Waals surface area (Å²) in [6, 6.07) is 16.0. The number of halogens is 2. The molecule has 2 unspecified atom stereocenters. The van der Waals surface area contributed by atoms with Crippen LogP contribution in [0.3, 0.4) is 0 Å². The summed E-state index contributed by atoms with van der Waals surface area (Å²) in [4.78, 5) is 41.7. The summed E-state index contributed by atoms with van der Waals surface area (Å²) in [5.74, 6) is -3.12. The first kappa shape index (κ1) is 27.0. The second kappa shape index (κ2) is 11.5. The first-order chi connectivity index (χ1) is 18.2. The second-order valence-electron chi connectivity index (χ2n) is 9.52. The van der Waals surface area contributed by atoms with E-state index in [9.17, 15) is 23.2 Å². The molecular formula is C30H31F2N3O3. The minimum atomic E-state index is -0.970. The standard InChI is InChI=1S/C30H31F2N3O3/c1-4-19(5-2)27(33-26(36)16-18-14-20(31)17-21(32)15-18)29(37)34-28-24-12-7-6-10-22(24)23-11-8-9-13-25(23)35(3)30(28)38/h6-15,17,19,27-28H,4-5,16H2,1-3H3,(H,33,36)(H,34,37). The summed E-state index contributed by atoms with van der Waals surface area (Å²) in [6.45, 7) is 3.83. The zero-order chi connectivity index (χ0) is 27.4. The van der Waals surface area contributed by atoms with Crippen LogP contribution in [0.15, 0.2) is 66.7 Å². The number of nitrogens with one attached hydrogen (secondary N) is 2. The lowest BCUT2D eigenvalue weighted by Gasteiger charge is -2.29. The van der Waals surface area contributed by atoms with Crippen molar-refractivity contribution in [1.82, 2.24) is 10.6 Å². The van der Waals surface area contributed by atoms with Gasteiger partial charge in [-0.2, -0.15) is 0 Å². The summed E-state index contributed by atoms with van der Waals surface area (Å²) < 4.78 is 27.2. The molecule has 0 radical (unpaired) electrons. The normalized spacial score (nSPS) is 15.4. The molecule has 0 bridgehead atoms. The molecule has 0 aliphatic carbocycles. The number of likely N-dealkylation sites (N-methyl/N-ethyl adjacent to an activating group) is 1. The molecule has 1 aliphatic heterocycles. The van der Waals surface area contributed by atoms with Gasteiger partial charge >= 0.3 is 0 Å². The molecule has 0 spiro atoms. The van der Waals surface area contributed by atoms with Gasteiger partial charge in [0.05, 0.1) is 12.1 Å². The number of hydrogen-bond donors (Lipinski definition) is 2. The van der Waals surface area contributed by atoms with E-state index in [1.54, 1.807) is 7.05 Å². The number of hydrogen-bond acceptors (Lipinski definition) is 3. The highest BCUT2D eigenvalue weighted by Gasteiger charge is 2.36. The molecule has 1 heterocycles. The Bertz CT molecular complexity index is 1340. The van der Waals surface area contributed by atoms with Crippen molar-refractivity contribution in [3.63, 3.8) is 0 Å². The van der Waals surface area contributed by atoms with Crippen LogP contribution in [0.25, 0.3) is 11.1 Å². The highest BCUT2D eigenvalue weighted by Crippen LogP contribution is 2.39. The second-order valence-corrected chi connectivity index (χ2v) is 9.52. The summed E-state index contributed by atoms with van der Waals surface area (Å²) in [6.07, 6.45) is 0.913. The number of fused-ring (bicyclic) bond motifs is 3. The molecule has 0 fully saturated rings. The van der Waals surface area contributed by atoms with E-state index >= 15 is 0 Å². The van der Waals surface area contributed by atoms with Crippen molar-refractivity contribution in [1.29, 1.82) is 0 Å². The predicted octanol–water partition coefficient (Wildman–Crippen LogP) is 4.93. The fourth-order valence-corrected chi connectivity index (χ4v) is 5.09. The van der Waals surface area contributed by atoms with Gasteiger partial charge in [-0.15, -0.1) is 0 Å². The first-order valence-corrected chi connectivity index (χ1v) is 12.7. The number of rotatable bonds is 8. The third-order valence-corrected chi connectivity index (χ3v) is 7.10. The van der Waals surface area contributed by atoms with Gasteiger partial charge in [0, 0.05) is 18.7 Å². The Balaban J connectivity index is 1.62. The Morgan fingerprint density at radius 2 is 1.53 bits per heavy atom. The largest absolute Gasteiger partial charge is 0.344 e. The van der Waals surface area contributed by atoms with Gasteiger partial charge in [-0.1, -0.05) is 69.2 Å². The summed E-state index contributed by atoms with van der Waals surface area (Å²) >= 11 is 0. The number of amides is 3. The fraction of sp³-hybridized carbons (Fsp3) is 0.300. The van der Waals surface area contributed by atoms with Crippen molar-refractivity contribution >= 4 is 23.4 Å². The average Bonchev–Trinajstić information content (AvgIpc) is 2.98. The highest BCUT2D eigenvalue weighted by atomic mass is 19.1. The number of carbonyl (C=O) groups excluding carboxylic acids is 3. The van der Waals surface area contributed by atoms with Crippen LogP contribution in [-0.2, 0) is 20.8 Å². The van der Waals surface area contributed by atoms with Gasteiger partial charge in [-0.05, 0) is 40.8 Å². The van der Waals surface area contributed by atoms with Crippen molar-refractivity contribution in [3.05, 3.63) is 89.5 Å².